The Hall–Kier alpha value is -3.67. The number of hydrogen-bond acceptors (Lipinski definition) is 4. The molecule has 33 heavy (non-hydrogen) atoms. The van der Waals surface area contributed by atoms with Crippen molar-refractivity contribution in [2.24, 2.45) is 0 Å². The van der Waals surface area contributed by atoms with E-state index in [-0.39, 0.29) is 5.91 Å². The Morgan fingerprint density at radius 3 is 2.58 bits per heavy atom. The van der Waals surface area contributed by atoms with Gasteiger partial charge in [-0.1, -0.05) is 29.8 Å². The molecule has 2 heterocycles. The zero-order valence-electron chi connectivity index (χ0n) is 19.2. The first kappa shape index (κ1) is 21.2. The predicted molar refractivity (Wildman–Crippen MR) is 134 cm³/mol. The molecule has 5 rings (SSSR count). The summed E-state index contributed by atoms with van der Waals surface area (Å²) in [5.41, 5.74) is 14.3. The van der Waals surface area contributed by atoms with E-state index in [1.54, 1.807) is 0 Å². The van der Waals surface area contributed by atoms with Crippen molar-refractivity contribution >= 4 is 33.9 Å². The van der Waals surface area contributed by atoms with Crippen molar-refractivity contribution in [3.05, 3.63) is 70.8 Å². The maximum Gasteiger partial charge on any atom is 0.257 e. The maximum atomic E-state index is 13.3. The molecular weight excluding hydrogens is 410 g/mol. The number of aromatic nitrogens is 3. The molecule has 168 valence electrons. The lowest BCUT2D eigenvalue weighted by molar-refractivity contribution is 0.0956. The predicted octanol–water partition coefficient (Wildman–Crippen LogP) is 5.39. The second-order valence-electron chi connectivity index (χ2n) is 8.86. The monoisotopic (exact) mass is 439 g/mol. The minimum atomic E-state index is -0.207. The van der Waals surface area contributed by atoms with E-state index >= 15 is 0 Å². The van der Waals surface area contributed by atoms with Crippen LogP contribution in [0.15, 0.2) is 54.1 Å². The molecule has 0 aliphatic heterocycles. The van der Waals surface area contributed by atoms with E-state index in [4.69, 9.17) is 15.7 Å². The van der Waals surface area contributed by atoms with Crippen LogP contribution in [0.25, 0.3) is 27.9 Å². The summed E-state index contributed by atoms with van der Waals surface area (Å²) in [7, 11) is 0. The molecule has 3 N–H and O–H groups in total. The summed E-state index contributed by atoms with van der Waals surface area (Å²) in [5.74, 6) is 0.152. The van der Waals surface area contributed by atoms with Crippen LogP contribution in [0.2, 0.25) is 0 Å². The van der Waals surface area contributed by atoms with Gasteiger partial charge in [0.25, 0.3) is 5.91 Å². The molecule has 0 fully saturated rings. The quantitative estimate of drug-likeness (QED) is 0.408. The highest BCUT2D eigenvalue weighted by Gasteiger charge is 2.25. The summed E-state index contributed by atoms with van der Waals surface area (Å²) in [5, 5.41) is 3.07. The van der Waals surface area contributed by atoms with E-state index in [2.05, 4.69) is 37.4 Å². The van der Waals surface area contributed by atoms with Gasteiger partial charge in [-0.15, -0.1) is 0 Å². The van der Waals surface area contributed by atoms with Crippen molar-refractivity contribution in [2.45, 2.75) is 46.0 Å². The number of fused-ring (bicyclic) bond motifs is 2. The van der Waals surface area contributed by atoms with Gasteiger partial charge in [0, 0.05) is 12.2 Å². The number of para-hydroxylation sites is 2. The summed E-state index contributed by atoms with van der Waals surface area (Å²) in [4.78, 5) is 23.0. The number of nitrogen functional groups attached to an aromatic ring is 1. The van der Waals surface area contributed by atoms with Crippen LogP contribution < -0.4 is 11.1 Å². The largest absolute Gasteiger partial charge is 0.384 e. The number of benzene rings is 2. The second-order valence-corrected chi connectivity index (χ2v) is 8.86. The molecular formula is C27H29N5O. The van der Waals surface area contributed by atoms with Crippen LogP contribution in [-0.4, -0.2) is 27.0 Å². The number of aryl methyl sites for hydroxylation is 2. The second kappa shape index (κ2) is 8.70. The van der Waals surface area contributed by atoms with E-state index in [0.717, 1.165) is 41.5 Å². The average molecular weight is 440 g/mol. The molecule has 0 saturated carbocycles. The molecule has 1 aliphatic rings. The van der Waals surface area contributed by atoms with Crippen LogP contribution in [0, 0.1) is 13.8 Å². The van der Waals surface area contributed by atoms with Gasteiger partial charge in [-0.25, -0.2) is 9.97 Å². The Bertz CT molecular complexity index is 1400. The number of anilines is 1. The SMILES string of the molecule is Cc1ccc(-n2c(N)c(C(=O)NCCC3=CCCCC3)c3nc4ccccc4nc32)cc1C. The highest BCUT2D eigenvalue weighted by atomic mass is 16.1. The molecule has 0 unspecified atom stereocenters. The fourth-order valence-electron chi connectivity index (χ4n) is 4.57. The van der Waals surface area contributed by atoms with Crippen molar-refractivity contribution in [2.75, 3.05) is 12.3 Å². The Kier molecular flexibility index (Phi) is 5.58. The summed E-state index contributed by atoms with van der Waals surface area (Å²) in [6.45, 7) is 4.72. The molecule has 4 aromatic rings. The van der Waals surface area contributed by atoms with Crippen molar-refractivity contribution in [3.63, 3.8) is 0 Å². The number of allylic oxidation sites excluding steroid dienone is 1. The number of amides is 1. The van der Waals surface area contributed by atoms with Gasteiger partial charge in [0.2, 0.25) is 0 Å². The Labute approximate surface area is 193 Å². The van der Waals surface area contributed by atoms with Gasteiger partial charge in [0.1, 0.15) is 16.9 Å². The summed E-state index contributed by atoms with van der Waals surface area (Å²) < 4.78 is 1.85. The van der Waals surface area contributed by atoms with Gasteiger partial charge in [-0.3, -0.25) is 9.36 Å². The lowest BCUT2D eigenvalue weighted by atomic mass is 9.97. The number of nitrogens with two attached hydrogens (primary N) is 1. The molecule has 6 nitrogen and oxygen atoms in total. The van der Waals surface area contributed by atoms with Crippen LogP contribution >= 0.6 is 0 Å². The van der Waals surface area contributed by atoms with Crippen LogP contribution in [0.4, 0.5) is 5.82 Å². The van der Waals surface area contributed by atoms with Gasteiger partial charge in [-0.05, 0) is 81.3 Å². The molecule has 2 aromatic carbocycles. The first-order valence-corrected chi connectivity index (χ1v) is 11.6. The van der Waals surface area contributed by atoms with Crippen molar-refractivity contribution in [1.82, 2.24) is 19.9 Å². The Morgan fingerprint density at radius 1 is 1.06 bits per heavy atom. The van der Waals surface area contributed by atoms with Gasteiger partial charge in [0.05, 0.1) is 11.0 Å². The zero-order valence-corrected chi connectivity index (χ0v) is 19.2. The molecule has 0 bridgehead atoms. The highest BCUT2D eigenvalue weighted by Crippen LogP contribution is 2.31. The molecule has 0 atom stereocenters. The van der Waals surface area contributed by atoms with Gasteiger partial charge in [-0.2, -0.15) is 0 Å². The van der Waals surface area contributed by atoms with Gasteiger partial charge >= 0.3 is 0 Å². The third-order valence-electron chi connectivity index (χ3n) is 6.59. The number of nitrogens with one attached hydrogen (secondary N) is 1. The number of carbonyl (C=O) groups excluding carboxylic acids is 1. The Balaban J connectivity index is 1.59. The zero-order chi connectivity index (χ0) is 22.9. The summed E-state index contributed by atoms with van der Waals surface area (Å²) >= 11 is 0. The van der Waals surface area contributed by atoms with E-state index < -0.39 is 0 Å². The maximum absolute atomic E-state index is 13.3. The number of hydrogen-bond donors (Lipinski definition) is 2. The molecule has 0 saturated heterocycles. The summed E-state index contributed by atoms with van der Waals surface area (Å²) in [6.07, 6.45) is 7.95. The van der Waals surface area contributed by atoms with E-state index in [1.807, 2.05) is 34.9 Å². The third-order valence-corrected chi connectivity index (χ3v) is 6.59. The average Bonchev–Trinajstić information content (AvgIpc) is 3.10. The topological polar surface area (TPSA) is 85.8 Å². The van der Waals surface area contributed by atoms with Crippen LogP contribution in [-0.2, 0) is 0 Å². The normalized spacial score (nSPS) is 13.9. The minimum absolute atomic E-state index is 0.207. The minimum Gasteiger partial charge on any atom is -0.384 e. The van der Waals surface area contributed by atoms with Crippen LogP contribution in [0.1, 0.15) is 53.6 Å². The fourth-order valence-corrected chi connectivity index (χ4v) is 4.57. The molecule has 0 radical (unpaired) electrons. The smallest absolute Gasteiger partial charge is 0.257 e. The standard InChI is InChI=1S/C27H29N5O/c1-17-12-13-20(16-18(17)2)32-25(28)23(27(33)29-15-14-19-8-4-3-5-9-19)24-26(32)31-22-11-7-6-10-21(22)30-24/h6-8,10-13,16H,3-5,9,14-15,28H2,1-2H3,(H,29,33). The van der Waals surface area contributed by atoms with E-state index in [0.29, 0.717) is 29.1 Å². The number of rotatable bonds is 5. The van der Waals surface area contributed by atoms with E-state index in [1.165, 1.54) is 24.0 Å². The summed E-state index contributed by atoms with van der Waals surface area (Å²) in [6, 6.07) is 13.8. The molecule has 0 spiro atoms. The van der Waals surface area contributed by atoms with Gasteiger partial charge in [0.15, 0.2) is 5.65 Å². The fraction of sp³-hybridized carbons (Fsp3) is 0.296. The third kappa shape index (κ3) is 3.97. The molecule has 1 aliphatic carbocycles. The van der Waals surface area contributed by atoms with Gasteiger partial charge < -0.3 is 11.1 Å². The first-order chi connectivity index (χ1) is 16.0. The number of carbonyl (C=O) groups is 1. The molecule has 2 aromatic heterocycles. The van der Waals surface area contributed by atoms with Crippen molar-refractivity contribution < 1.29 is 4.79 Å². The van der Waals surface area contributed by atoms with Crippen molar-refractivity contribution in [3.8, 4) is 5.69 Å². The van der Waals surface area contributed by atoms with Crippen LogP contribution in [0.5, 0.6) is 0 Å². The lowest BCUT2D eigenvalue weighted by Gasteiger charge is -2.13. The Morgan fingerprint density at radius 2 is 1.85 bits per heavy atom. The highest BCUT2D eigenvalue weighted by molar-refractivity contribution is 6.11. The molecule has 6 heteroatoms. The van der Waals surface area contributed by atoms with Crippen LogP contribution in [0.3, 0.4) is 0 Å². The first-order valence-electron chi connectivity index (χ1n) is 11.6. The van der Waals surface area contributed by atoms with E-state index in [9.17, 15) is 4.79 Å². The number of nitrogens with zero attached hydrogens (tertiary/aromatic N) is 3. The lowest BCUT2D eigenvalue weighted by Crippen LogP contribution is -2.26. The van der Waals surface area contributed by atoms with Crippen molar-refractivity contribution in [1.29, 1.82) is 0 Å². The molecule has 1 amide bonds.